The molecular weight excluding hydrogens is 256 g/mol. The van der Waals surface area contributed by atoms with Gasteiger partial charge < -0.3 is 5.11 Å². The van der Waals surface area contributed by atoms with Crippen LogP contribution in [0, 0.1) is 22.7 Å². The Morgan fingerprint density at radius 1 is 1.19 bits per heavy atom. The summed E-state index contributed by atoms with van der Waals surface area (Å²) in [4.78, 5) is 0. The highest BCUT2D eigenvalue weighted by molar-refractivity contribution is 5.40. The summed E-state index contributed by atoms with van der Waals surface area (Å²) in [6.45, 7) is 9.86. The maximum absolute atomic E-state index is 9.99. The lowest BCUT2D eigenvalue weighted by atomic mass is 9.49. The van der Waals surface area contributed by atoms with Gasteiger partial charge in [0.2, 0.25) is 0 Å². The highest BCUT2D eigenvalue weighted by Gasteiger charge is 2.52. The molecule has 3 aliphatic carbocycles. The molecule has 0 bridgehead atoms. The lowest BCUT2D eigenvalue weighted by Gasteiger charge is -2.56. The minimum atomic E-state index is 0.146. The number of hydrogen-bond acceptors (Lipinski definition) is 1. The average molecular weight is 288 g/mol. The van der Waals surface area contributed by atoms with Crippen LogP contribution in [0.4, 0.5) is 0 Å². The van der Waals surface area contributed by atoms with E-state index in [0.29, 0.717) is 23.9 Å². The second kappa shape index (κ2) is 5.26. The lowest BCUT2D eigenvalue weighted by Crippen LogP contribution is -2.48. The molecule has 0 aromatic heterocycles. The predicted octanol–water partition coefficient (Wildman–Crippen LogP) is 5.26. The molecule has 0 radical (unpaired) electrons. The number of fused-ring (bicyclic) bond motifs is 2. The van der Waals surface area contributed by atoms with Gasteiger partial charge in [0.25, 0.3) is 0 Å². The van der Waals surface area contributed by atoms with Crippen molar-refractivity contribution in [2.45, 2.75) is 72.6 Å². The topological polar surface area (TPSA) is 20.2 Å². The standard InChI is InChI=1S/C20H32O/c1-14(2)15-6-8-17-16(12-15)7-9-18-19(3,13-21)10-5-11-20(17,18)4/h12,14,18,21H,5-11,13H2,1-4H3/t18?,19?,20-/m1/s1. The molecule has 0 aromatic rings. The molecule has 1 N–H and O–H groups in total. The first-order valence-electron chi connectivity index (χ1n) is 8.94. The Balaban J connectivity index is 2.00. The highest BCUT2D eigenvalue weighted by atomic mass is 16.3. The maximum atomic E-state index is 9.99. The van der Waals surface area contributed by atoms with Crippen molar-refractivity contribution in [3.63, 3.8) is 0 Å². The average Bonchev–Trinajstić information content (AvgIpc) is 2.46. The zero-order chi connectivity index (χ0) is 15.3. The van der Waals surface area contributed by atoms with E-state index in [1.54, 1.807) is 16.7 Å². The van der Waals surface area contributed by atoms with Gasteiger partial charge >= 0.3 is 0 Å². The second-order valence-corrected chi connectivity index (χ2v) is 8.55. The summed E-state index contributed by atoms with van der Waals surface area (Å²) in [7, 11) is 0. The molecule has 1 heteroatoms. The largest absolute Gasteiger partial charge is 0.396 e. The molecule has 2 unspecified atom stereocenters. The maximum Gasteiger partial charge on any atom is 0.0487 e. The number of hydrogen-bond donors (Lipinski definition) is 1. The highest BCUT2D eigenvalue weighted by Crippen LogP contribution is 2.61. The van der Waals surface area contributed by atoms with Crippen molar-refractivity contribution in [3.8, 4) is 0 Å². The van der Waals surface area contributed by atoms with E-state index < -0.39 is 0 Å². The molecule has 1 nitrogen and oxygen atoms in total. The van der Waals surface area contributed by atoms with Gasteiger partial charge in [-0.2, -0.15) is 0 Å². The monoisotopic (exact) mass is 288 g/mol. The van der Waals surface area contributed by atoms with E-state index in [1.165, 1.54) is 44.9 Å². The van der Waals surface area contributed by atoms with Crippen molar-refractivity contribution in [1.29, 1.82) is 0 Å². The Morgan fingerprint density at radius 3 is 2.62 bits per heavy atom. The van der Waals surface area contributed by atoms with Crippen LogP contribution in [0.25, 0.3) is 0 Å². The number of aliphatic hydroxyl groups is 1. The summed E-state index contributed by atoms with van der Waals surface area (Å²) in [6.07, 6.45) is 11.4. The van der Waals surface area contributed by atoms with Crippen LogP contribution in [0.3, 0.4) is 0 Å². The van der Waals surface area contributed by atoms with E-state index in [0.717, 1.165) is 0 Å². The number of aliphatic hydroxyl groups excluding tert-OH is 1. The fourth-order valence-electron chi connectivity index (χ4n) is 5.64. The number of rotatable bonds is 2. The smallest absolute Gasteiger partial charge is 0.0487 e. The van der Waals surface area contributed by atoms with E-state index in [-0.39, 0.29) is 5.41 Å². The van der Waals surface area contributed by atoms with E-state index in [2.05, 4.69) is 33.8 Å². The van der Waals surface area contributed by atoms with Crippen LogP contribution in [0.5, 0.6) is 0 Å². The van der Waals surface area contributed by atoms with E-state index in [1.807, 2.05) is 0 Å². The van der Waals surface area contributed by atoms with Crippen LogP contribution >= 0.6 is 0 Å². The van der Waals surface area contributed by atoms with Gasteiger partial charge in [-0.3, -0.25) is 0 Å². The summed E-state index contributed by atoms with van der Waals surface area (Å²) >= 11 is 0. The van der Waals surface area contributed by atoms with Crippen LogP contribution in [0.15, 0.2) is 22.8 Å². The van der Waals surface area contributed by atoms with E-state index >= 15 is 0 Å². The van der Waals surface area contributed by atoms with Crippen molar-refractivity contribution in [1.82, 2.24) is 0 Å². The second-order valence-electron chi connectivity index (χ2n) is 8.55. The van der Waals surface area contributed by atoms with Gasteiger partial charge in [0.05, 0.1) is 0 Å². The molecule has 3 atom stereocenters. The minimum Gasteiger partial charge on any atom is -0.396 e. The van der Waals surface area contributed by atoms with Crippen molar-refractivity contribution in [3.05, 3.63) is 22.8 Å². The first-order chi connectivity index (χ1) is 9.90. The van der Waals surface area contributed by atoms with Gasteiger partial charge in [-0.15, -0.1) is 0 Å². The summed E-state index contributed by atoms with van der Waals surface area (Å²) in [5, 5.41) is 9.99. The Labute approximate surface area is 130 Å². The third kappa shape index (κ3) is 2.32. The third-order valence-corrected chi connectivity index (χ3v) is 6.96. The Kier molecular flexibility index (Phi) is 3.84. The Bertz CT molecular complexity index is 484. The fourth-order valence-corrected chi connectivity index (χ4v) is 5.64. The molecule has 0 spiro atoms. The predicted molar refractivity (Wildman–Crippen MR) is 89.1 cm³/mol. The van der Waals surface area contributed by atoms with Crippen molar-refractivity contribution >= 4 is 0 Å². The molecule has 21 heavy (non-hydrogen) atoms. The van der Waals surface area contributed by atoms with Crippen LogP contribution in [-0.4, -0.2) is 11.7 Å². The molecular formula is C20H32O. The first kappa shape index (κ1) is 15.3. The summed E-state index contributed by atoms with van der Waals surface area (Å²) < 4.78 is 0. The third-order valence-electron chi connectivity index (χ3n) is 6.96. The summed E-state index contributed by atoms with van der Waals surface area (Å²) in [5.74, 6) is 1.37. The molecule has 3 rings (SSSR count). The molecule has 3 aliphatic rings. The molecule has 1 fully saturated rings. The first-order valence-corrected chi connectivity index (χ1v) is 8.94. The van der Waals surface area contributed by atoms with Crippen molar-refractivity contribution in [2.75, 3.05) is 6.61 Å². The van der Waals surface area contributed by atoms with E-state index in [9.17, 15) is 5.11 Å². The molecule has 0 aromatic carbocycles. The Hall–Kier alpha value is -0.560. The SMILES string of the molecule is CC(C)C1=CC2=C(CC1)[C@@]1(C)CCCC(C)(CO)C1CC2. The van der Waals surface area contributed by atoms with Gasteiger partial charge in [0, 0.05) is 6.61 Å². The van der Waals surface area contributed by atoms with Crippen LogP contribution < -0.4 is 0 Å². The molecule has 118 valence electrons. The van der Waals surface area contributed by atoms with Crippen LogP contribution in [0.1, 0.15) is 72.6 Å². The van der Waals surface area contributed by atoms with Gasteiger partial charge in [-0.05, 0) is 66.8 Å². The quantitative estimate of drug-likeness (QED) is 0.735. The summed E-state index contributed by atoms with van der Waals surface area (Å²) in [5.41, 5.74) is 5.56. The Morgan fingerprint density at radius 2 is 1.95 bits per heavy atom. The molecule has 0 saturated heterocycles. The van der Waals surface area contributed by atoms with Crippen LogP contribution in [0.2, 0.25) is 0 Å². The normalized spacial score (nSPS) is 39.9. The molecule has 1 saturated carbocycles. The summed E-state index contributed by atoms with van der Waals surface area (Å²) in [6, 6.07) is 0. The van der Waals surface area contributed by atoms with Gasteiger partial charge in [-0.1, -0.05) is 51.3 Å². The number of allylic oxidation sites excluding steroid dienone is 4. The zero-order valence-electron chi connectivity index (χ0n) is 14.3. The molecule has 0 heterocycles. The molecule has 0 amide bonds. The zero-order valence-corrected chi connectivity index (χ0v) is 14.3. The van der Waals surface area contributed by atoms with E-state index in [4.69, 9.17) is 0 Å². The lowest BCUT2D eigenvalue weighted by molar-refractivity contribution is -0.0387. The van der Waals surface area contributed by atoms with Crippen LogP contribution in [-0.2, 0) is 0 Å². The fraction of sp³-hybridized carbons (Fsp3) is 0.800. The van der Waals surface area contributed by atoms with Gasteiger partial charge in [0.15, 0.2) is 0 Å². The minimum absolute atomic E-state index is 0.146. The molecule has 0 aliphatic heterocycles. The van der Waals surface area contributed by atoms with Gasteiger partial charge in [-0.25, -0.2) is 0 Å². The van der Waals surface area contributed by atoms with Crippen molar-refractivity contribution in [2.24, 2.45) is 22.7 Å². The van der Waals surface area contributed by atoms with Crippen molar-refractivity contribution < 1.29 is 5.11 Å². The van der Waals surface area contributed by atoms with Gasteiger partial charge in [0.1, 0.15) is 0 Å².